The van der Waals surface area contributed by atoms with Gasteiger partial charge in [-0.05, 0) is 37.1 Å². The molecule has 23 heavy (non-hydrogen) atoms. The van der Waals surface area contributed by atoms with E-state index in [1.807, 2.05) is 6.07 Å². The SMILES string of the molecule is N#CCCCCS(=O)(=O)NCc1ccc(-c2ccccc2F)o1. The first kappa shape index (κ1) is 17.2. The summed E-state index contributed by atoms with van der Waals surface area (Å²) in [5, 5.41) is 8.41. The molecule has 0 aliphatic rings. The summed E-state index contributed by atoms with van der Waals surface area (Å²) in [5.74, 6) is 0.330. The van der Waals surface area contributed by atoms with Gasteiger partial charge in [0.1, 0.15) is 17.3 Å². The van der Waals surface area contributed by atoms with Gasteiger partial charge in [-0.15, -0.1) is 0 Å². The predicted molar refractivity (Wildman–Crippen MR) is 84.2 cm³/mol. The van der Waals surface area contributed by atoms with Gasteiger partial charge in [-0.25, -0.2) is 17.5 Å². The molecular weight excluding hydrogens is 319 g/mol. The van der Waals surface area contributed by atoms with E-state index in [4.69, 9.17) is 9.68 Å². The maximum absolute atomic E-state index is 13.7. The van der Waals surface area contributed by atoms with E-state index < -0.39 is 15.8 Å². The number of unbranched alkanes of at least 4 members (excludes halogenated alkanes) is 2. The molecule has 0 atom stereocenters. The molecule has 7 heteroatoms. The number of benzene rings is 1. The van der Waals surface area contributed by atoms with E-state index in [9.17, 15) is 12.8 Å². The smallest absolute Gasteiger partial charge is 0.212 e. The van der Waals surface area contributed by atoms with E-state index in [-0.39, 0.29) is 12.3 Å². The Balaban J connectivity index is 1.92. The van der Waals surface area contributed by atoms with E-state index in [0.717, 1.165) is 0 Å². The Morgan fingerprint density at radius 1 is 1.17 bits per heavy atom. The third-order valence-corrected chi connectivity index (χ3v) is 4.63. The third kappa shape index (κ3) is 5.20. The van der Waals surface area contributed by atoms with Crippen molar-refractivity contribution in [1.82, 2.24) is 4.72 Å². The van der Waals surface area contributed by atoms with Gasteiger partial charge in [0.25, 0.3) is 0 Å². The van der Waals surface area contributed by atoms with E-state index in [0.29, 0.717) is 36.3 Å². The number of rotatable bonds is 8. The number of halogens is 1. The minimum atomic E-state index is -3.42. The predicted octanol–water partition coefficient (Wildman–Crippen LogP) is 3.20. The number of hydrogen-bond donors (Lipinski definition) is 1. The number of nitriles is 1. The average Bonchev–Trinajstić information content (AvgIpc) is 2.99. The highest BCUT2D eigenvalue weighted by Crippen LogP contribution is 2.24. The highest BCUT2D eigenvalue weighted by Gasteiger charge is 2.13. The fourth-order valence-corrected chi connectivity index (χ4v) is 3.12. The zero-order valence-electron chi connectivity index (χ0n) is 12.5. The monoisotopic (exact) mass is 336 g/mol. The molecule has 1 heterocycles. The standard InChI is InChI=1S/C16H17FN2O3S/c17-15-7-3-2-6-14(15)16-9-8-13(22-16)12-19-23(20,21)11-5-1-4-10-18/h2-3,6-9,19H,1,4-5,11-12H2. The molecule has 1 N–H and O–H groups in total. The number of hydrogen-bond acceptors (Lipinski definition) is 4. The summed E-state index contributed by atoms with van der Waals surface area (Å²) in [6.45, 7) is 0.00896. The molecule has 0 saturated heterocycles. The molecule has 0 bridgehead atoms. The Labute approximate surface area is 134 Å². The van der Waals surface area contributed by atoms with Gasteiger partial charge in [-0.2, -0.15) is 5.26 Å². The second-order valence-electron chi connectivity index (χ2n) is 5.00. The summed E-state index contributed by atoms with van der Waals surface area (Å²) in [5.41, 5.74) is 0.332. The van der Waals surface area contributed by atoms with Crippen molar-refractivity contribution in [2.75, 3.05) is 5.75 Å². The van der Waals surface area contributed by atoms with Crippen LogP contribution in [0.4, 0.5) is 4.39 Å². The first-order valence-corrected chi connectivity index (χ1v) is 8.85. The zero-order valence-corrected chi connectivity index (χ0v) is 13.3. The number of furan rings is 1. The van der Waals surface area contributed by atoms with Gasteiger partial charge >= 0.3 is 0 Å². The Kier molecular flexibility index (Phi) is 5.90. The fraction of sp³-hybridized carbons (Fsp3) is 0.312. The molecule has 1 aromatic heterocycles. The minimum Gasteiger partial charge on any atom is -0.460 e. The fourth-order valence-electron chi connectivity index (χ4n) is 2.03. The van der Waals surface area contributed by atoms with E-state index >= 15 is 0 Å². The lowest BCUT2D eigenvalue weighted by molar-refractivity contribution is 0.505. The van der Waals surface area contributed by atoms with Crippen molar-refractivity contribution in [3.05, 3.63) is 48.0 Å². The average molecular weight is 336 g/mol. The summed E-state index contributed by atoms with van der Waals surface area (Å²) in [6.07, 6.45) is 1.33. The van der Waals surface area contributed by atoms with Gasteiger partial charge in [-0.3, -0.25) is 0 Å². The van der Waals surface area contributed by atoms with E-state index in [1.54, 1.807) is 30.3 Å². The normalized spacial score (nSPS) is 11.3. The van der Waals surface area contributed by atoms with Crippen molar-refractivity contribution >= 4 is 10.0 Å². The van der Waals surface area contributed by atoms with Gasteiger partial charge < -0.3 is 4.42 Å². The van der Waals surface area contributed by atoms with Crippen molar-refractivity contribution in [2.24, 2.45) is 0 Å². The van der Waals surface area contributed by atoms with E-state index in [2.05, 4.69) is 4.72 Å². The van der Waals surface area contributed by atoms with Crippen molar-refractivity contribution in [3.8, 4) is 17.4 Å². The molecule has 0 aliphatic carbocycles. The molecule has 0 amide bonds. The summed E-state index contributed by atoms with van der Waals surface area (Å²) < 4.78 is 45.2. The van der Waals surface area contributed by atoms with Gasteiger partial charge in [-0.1, -0.05) is 12.1 Å². The van der Waals surface area contributed by atoms with Crippen molar-refractivity contribution < 1.29 is 17.2 Å². The van der Waals surface area contributed by atoms with Crippen LogP contribution in [0.3, 0.4) is 0 Å². The molecular formula is C16H17FN2O3S. The molecule has 0 fully saturated rings. The molecule has 1 aromatic carbocycles. The number of sulfonamides is 1. The van der Waals surface area contributed by atoms with Crippen LogP contribution in [0.5, 0.6) is 0 Å². The van der Waals surface area contributed by atoms with Crippen LogP contribution in [-0.4, -0.2) is 14.2 Å². The van der Waals surface area contributed by atoms with Crippen molar-refractivity contribution in [1.29, 1.82) is 5.26 Å². The topological polar surface area (TPSA) is 83.1 Å². The van der Waals surface area contributed by atoms with Crippen LogP contribution in [0.1, 0.15) is 25.0 Å². The van der Waals surface area contributed by atoms with Crippen molar-refractivity contribution in [2.45, 2.75) is 25.8 Å². The number of nitrogens with zero attached hydrogens (tertiary/aromatic N) is 1. The zero-order chi connectivity index (χ0) is 16.7. The van der Waals surface area contributed by atoms with Gasteiger partial charge in [0.05, 0.1) is 23.9 Å². The van der Waals surface area contributed by atoms with Crippen LogP contribution < -0.4 is 4.72 Å². The number of nitrogens with one attached hydrogen (secondary N) is 1. The molecule has 0 spiro atoms. The molecule has 0 aliphatic heterocycles. The lowest BCUT2D eigenvalue weighted by Crippen LogP contribution is -2.25. The van der Waals surface area contributed by atoms with Gasteiger partial charge in [0.2, 0.25) is 10.0 Å². The van der Waals surface area contributed by atoms with Crippen LogP contribution in [0, 0.1) is 17.1 Å². The highest BCUT2D eigenvalue weighted by atomic mass is 32.2. The van der Waals surface area contributed by atoms with Crippen molar-refractivity contribution in [3.63, 3.8) is 0 Å². The van der Waals surface area contributed by atoms with E-state index in [1.165, 1.54) is 6.07 Å². The maximum atomic E-state index is 13.7. The summed E-state index contributed by atoms with van der Waals surface area (Å²) in [6, 6.07) is 11.4. The van der Waals surface area contributed by atoms with Gasteiger partial charge in [0, 0.05) is 6.42 Å². The lowest BCUT2D eigenvalue weighted by atomic mass is 10.1. The molecule has 0 radical (unpaired) electrons. The molecule has 2 aromatic rings. The maximum Gasteiger partial charge on any atom is 0.212 e. The van der Waals surface area contributed by atoms with Gasteiger partial charge in [0.15, 0.2) is 0 Å². The summed E-state index contributed by atoms with van der Waals surface area (Å²) in [4.78, 5) is 0. The van der Waals surface area contributed by atoms with Crippen LogP contribution in [0.25, 0.3) is 11.3 Å². The summed E-state index contributed by atoms with van der Waals surface area (Å²) in [7, 11) is -3.42. The third-order valence-electron chi connectivity index (χ3n) is 3.22. The largest absolute Gasteiger partial charge is 0.460 e. The second kappa shape index (κ2) is 7.90. The minimum absolute atomic E-state index is 0.00896. The molecule has 2 rings (SSSR count). The molecule has 5 nitrogen and oxygen atoms in total. The van der Waals surface area contributed by atoms with Crippen LogP contribution in [0.2, 0.25) is 0 Å². The van der Waals surface area contributed by atoms with Crippen LogP contribution in [0.15, 0.2) is 40.8 Å². The quantitative estimate of drug-likeness (QED) is 0.750. The lowest BCUT2D eigenvalue weighted by Gasteiger charge is -2.04. The van der Waals surface area contributed by atoms with Crippen LogP contribution >= 0.6 is 0 Å². The first-order chi connectivity index (χ1) is 11.0. The highest BCUT2D eigenvalue weighted by molar-refractivity contribution is 7.89. The first-order valence-electron chi connectivity index (χ1n) is 7.20. The molecule has 0 saturated carbocycles. The molecule has 122 valence electrons. The van der Waals surface area contributed by atoms with Crippen LogP contribution in [-0.2, 0) is 16.6 Å². The molecule has 0 unspecified atom stereocenters. The Bertz CT molecular complexity index is 794. The Morgan fingerprint density at radius 3 is 2.70 bits per heavy atom. The Hall–Kier alpha value is -2.17. The Morgan fingerprint density at radius 2 is 1.96 bits per heavy atom. The second-order valence-corrected chi connectivity index (χ2v) is 6.93. The summed E-state index contributed by atoms with van der Waals surface area (Å²) >= 11 is 0.